The van der Waals surface area contributed by atoms with Gasteiger partial charge in [-0.3, -0.25) is 0 Å². The summed E-state index contributed by atoms with van der Waals surface area (Å²) in [7, 11) is 0. The van der Waals surface area contributed by atoms with E-state index in [2.05, 4.69) is 36.2 Å². The number of rotatable bonds is 6. The molecule has 1 unspecified atom stereocenters. The number of benzene rings is 1. The second-order valence-corrected chi connectivity index (χ2v) is 5.41. The van der Waals surface area contributed by atoms with E-state index in [0.717, 1.165) is 17.9 Å². The Balaban J connectivity index is 1.95. The van der Waals surface area contributed by atoms with Gasteiger partial charge in [0.15, 0.2) is 0 Å². The monoisotopic (exact) mass is 276 g/mol. The molecule has 2 aromatic rings. The van der Waals surface area contributed by atoms with E-state index < -0.39 is 0 Å². The lowest BCUT2D eigenvalue weighted by atomic mass is 10.1. The Hall–Kier alpha value is -1.75. The molecule has 0 amide bonds. The topological polar surface area (TPSA) is 42.7 Å². The second-order valence-electron chi connectivity index (χ2n) is 5.41. The summed E-state index contributed by atoms with van der Waals surface area (Å²) in [4.78, 5) is 4.28. The first-order valence-corrected chi connectivity index (χ1v) is 6.91. The molecule has 0 aliphatic rings. The smallest absolute Gasteiger partial charge is 0.140 e. The lowest BCUT2D eigenvalue weighted by molar-refractivity contribution is 0.449. The summed E-state index contributed by atoms with van der Waals surface area (Å²) in [6, 6.07) is 6.70. The Bertz CT molecular complexity index is 533. The zero-order valence-corrected chi connectivity index (χ0v) is 12.2. The SMILES string of the molecule is CC(C)Cn1ncnc1CNC(C)c1ccc(F)cc1. The molecule has 2 rings (SSSR count). The summed E-state index contributed by atoms with van der Waals surface area (Å²) >= 11 is 0. The standard InChI is InChI=1S/C15H21FN4/c1-11(2)9-20-15(18-10-19-20)8-17-12(3)13-4-6-14(16)7-5-13/h4-7,10-12,17H,8-9H2,1-3H3. The van der Waals surface area contributed by atoms with Gasteiger partial charge in [0.1, 0.15) is 18.0 Å². The number of aromatic nitrogens is 3. The highest BCUT2D eigenvalue weighted by Gasteiger charge is 2.09. The lowest BCUT2D eigenvalue weighted by Crippen LogP contribution is -2.22. The minimum atomic E-state index is -0.211. The number of halogens is 1. The summed E-state index contributed by atoms with van der Waals surface area (Å²) in [5.41, 5.74) is 1.06. The molecule has 5 heteroatoms. The minimum Gasteiger partial charge on any atom is -0.303 e. The Kier molecular flexibility index (Phi) is 4.84. The molecule has 20 heavy (non-hydrogen) atoms. The van der Waals surface area contributed by atoms with Gasteiger partial charge in [0.25, 0.3) is 0 Å². The van der Waals surface area contributed by atoms with Crippen molar-refractivity contribution in [2.45, 2.75) is 39.9 Å². The maximum atomic E-state index is 12.9. The summed E-state index contributed by atoms with van der Waals surface area (Å²) in [5, 5.41) is 7.62. The molecule has 0 aliphatic carbocycles. The third-order valence-corrected chi connectivity index (χ3v) is 3.17. The van der Waals surface area contributed by atoms with Gasteiger partial charge in [-0.15, -0.1) is 0 Å². The number of nitrogens with zero attached hydrogens (tertiary/aromatic N) is 3. The van der Waals surface area contributed by atoms with Gasteiger partial charge >= 0.3 is 0 Å². The number of nitrogens with one attached hydrogen (secondary N) is 1. The first-order valence-electron chi connectivity index (χ1n) is 6.91. The fraction of sp³-hybridized carbons (Fsp3) is 0.467. The van der Waals surface area contributed by atoms with Crippen molar-refractivity contribution < 1.29 is 4.39 Å². The predicted octanol–water partition coefficient (Wildman–Crippen LogP) is 2.92. The van der Waals surface area contributed by atoms with Crippen LogP contribution in [0.3, 0.4) is 0 Å². The van der Waals surface area contributed by atoms with E-state index in [1.54, 1.807) is 18.5 Å². The Morgan fingerprint density at radius 1 is 1.20 bits per heavy atom. The van der Waals surface area contributed by atoms with Crippen molar-refractivity contribution in [3.63, 3.8) is 0 Å². The van der Waals surface area contributed by atoms with Gasteiger partial charge in [-0.2, -0.15) is 5.10 Å². The summed E-state index contributed by atoms with van der Waals surface area (Å²) in [6.07, 6.45) is 1.59. The molecule has 0 fully saturated rings. The molecule has 0 aliphatic heterocycles. The van der Waals surface area contributed by atoms with Gasteiger partial charge in [-0.05, 0) is 30.5 Å². The van der Waals surface area contributed by atoms with Gasteiger partial charge < -0.3 is 5.32 Å². The van der Waals surface area contributed by atoms with E-state index in [0.29, 0.717) is 12.5 Å². The van der Waals surface area contributed by atoms with Gasteiger partial charge in [-0.1, -0.05) is 26.0 Å². The third kappa shape index (κ3) is 3.87. The quantitative estimate of drug-likeness (QED) is 0.882. The van der Waals surface area contributed by atoms with Crippen LogP contribution in [0.15, 0.2) is 30.6 Å². The molecule has 1 atom stereocenters. The van der Waals surface area contributed by atoms with Gasteiger partial charge in [0.05, 0.1) is 6.54 Å². The minimum absolute atomic E-state index is 0.139. The highest BCUT2D eigenvalue weighted by atomic mass is 19.1. The van der Waals surface area contributed by atoms with Crippen LogP contribution in [-0.2, 0) is 13.1 Å². The van der Waals surface area contributed by atoms with Crippen molar-refractivity contribution in [1.82, 2.24) is 20.1 Å². The second kappa shape index (κ2) is 6.61. The zero-order chi connectivity index (χ0) is 14.5. The van der Waals surface area contributed by atoms with E-state index in [9.17, 15) is 4.39 Å². The largest absolute Gasteiger partial charge is 0.303 e. The molecule has 1 heterocycles. The van der Waals surface area contributed by atoms with Crippen LogP contribution < -0.4 is 5.32 Å². The summed E-state index contributed by atoms with van der Waals surface area (Å²) < 4.78 is 14.8. The van der Waals surface area contributed by atoms with Crippen LogP contribution in [0.25, 0.3) is 0 Å². The fourth-order valence-electron chi connectivity index (χ4n) is 2.04. The fourth-order valence-corrected chi connectivity index (χ4v) is 2.04. The van der Waals surface area contributed by atoms with Crippen molar-refractivity contribution in [2.24, 2.45) is 5.92 Å². The maximum Gasteiger partial charge on any atom is 0.140 e. The molecular formula is C15H21FN4. The van der Waals surface area contributed by atoms with Gasteiger partial charge in [0, 0.05) is 12.6 Å². The highest BCUT2D eigenvalue weighted by molar-refractivity contribution is 5.19. The van der Waals surface area contributed by atoms with Crippen molar-refractivity contribution in [3.8, 4) is 0 Å². The maximum absolute atomic E-state index is 12.9. The van der Waals surface area contributed by atoms with Gasteiger partial charge in [0.2, 0.25) is 0 Å². The average molecular weight is 276 g/mol. The Morgan fingerprint density at radius 2 is 1.90 bits per heavy atom. The van der Waals surface area contributed by atoms with Crippen LogP contribution in [-0.4, -0.2) is 14.8 Å². The number of hydrogen-bond acceptors (Lipinski definition) is 3. The molecule has 0 spiro atoms. The molecule has 0 saturated heterocycles. The average Bonchev–Trinajstić information content (AvgIpc) is 2.83. The van der Waals surface area contributed by atoms with Crippen molar-refractivity contribution in [3.05, 3.63) is 47.8 Å². The molecule has 4 nitrogen and oxygen atoms in total. The molecular weight excluding hydrogens is 255 g/mol. The van der Waals surface area contributed by atoms with Crippen LogP contribution in [0.2, 0.25) is 0 Å². The van der Waals surface area contributed by atoms with Crippen LogP contribution in [0.4, 0.5) is 4.39 Å². The molecule has 0 radical (unpaired) electrons. The molecule has 108 valence electrons. The van der Waals surface area contributed by atoms with E-state index >= 15 is 0 Å². The molecule has 1 N–H and O–H groups in total. The molecule has 0 bridgehead atoms. The van der Waals surface area contributed by atoms with E-state index in [1.807, 2.05) is 4.68 Å². The van der Waals surface area contributed by atoms with Crippen LogP contribution >= 0.6 is 0 Å². The van der Waals surface area contributed by atoms with E-state index in [1.165, 1.54) is 12.1 Å². The first kappa shape index (κ1) is 14.7. The van der Waals surface area contributed by atoms with Crippen LogP contribution in [0.1, 0.15) is 38.2 Å². The van der Waals surface area contributed by atoms with Crippen molar-refractivity contribution in [1.29, 1.82) is 0 Å². The van der Waals surface area contributed by atoms with Crippen LogP contribution in [0.5, 0.6) is 0 Å². The predicted molar refractivity (Wildman–Crippen MR) is 76.5 cm³/mol. The number of hydrogen-bond donors (Lipinski definition) is 1. The van der Waals surface area contributed by atoms with Crippen molar-refractivity contribution >= 4 is 0 Å². The first-order chi connectivity index (χ1) is 9.56. The Morgan fingerprint density at radius 3 is 2.55 bits per heavy atom. The van der Waals surface area contributed by atoms with Crippen LogP contribution in [0, 0.1) is 11.7 Å². The van der Waals surface area contributed by atoms with E-state index in [-0.39, 0.29) is 11.9 Å². The van der Waals surface area contributed by atoms with Crippen molar-refractivity contribution in [2.75, 3.05) is 0 Å². The lowest BCUT2D eigenvalue weighted by Gasteiger charge is -2.15. The summed E-state index contributed by atoms with van der Waals surface area (Å²) in [6.45, 7) is 7.86. The molecule has 1 aromatic carbocycles. The molecule has 0 saturated carbocycles. The third-order valence-electron chi connectivity index (χ3n) is 3.17. The molecule has 1 aromatic heterocycles. The van der Waals surface area contributed by atoms with Gasteiger partial charge in [-0.25, -0.2) is 14.1 Å². The van der Waals surface area contributed by atoms with E-state index in [4.69, 9.17) is 0 Å². The zero-order valence-electron chi connectivity index (χ0n) is 12.2. The normalized spacial score (nSPS) is 12.8. The Labute approximate surface area is 119 Å². The summed E-state index contributed by atoms with van der Waals surface area (Å²) in [5.74, 6) is 1.25. The highest BCUT2D eigenvalue weighted by Crippen LogP contribution is 2.13.